The fourth-order valence-corrected chi connectivity index (χ4v) is 1.88. The molecule has 0 saturated heterocycles. The molecular weight excluding hydrogens is 264 g/mol. The maximum atomic E-state index is 11.9. The molecule has 1 amide bonds. The molecule has 0 saturated carbocycles. The molecule has 0 aromatic carbocycles. The predicted molar refractivity (Wildman–Crippen MR) is 72.2 cm³/mol. The molecule has 0 bridgehead atoms. The zero-order valence-electron chi connectivity index (χ0n) is 12.2. The highest BCUT2D eigenvalue weighted by molar-refractivity contribution is 5.75. The Kier molecular flexibility index (Phi) is 4.83. The van der Waals surface area contributed by atoms with Crippen LogP contribution >= 0.6 is 0 Å². The third-order valence-electron chi connectivity index (χ3n) is 2.77. The van der Waals surface area contributed by atoms with Crippen LogP contribution in [0.4, 0.5) is 5.82 Å². The number of aryl methyl sites for hydroxylation is 2. The first-order chi connectivity index (χ1) is 9.10. The Labute approximate surface area is 117 Å². The molecule has 0 atom stereocenters. The zero-order chi connectivity index (χ0) is 15.5. The Hall–Kier alpha value is -1.96. The molecule has 8 heteroatoms. The van der Waals surface area contributed by atoms with Gasteiger partial charge in [0, 0.05) is 33.5 Å². The van der Waals surface area contributed by atoms with Crippen molar-refractivity contribution in [2.75, 3.05) is 13.6 Å². The lowest BCUT2D eigenvalue weighted by Crippen LogP contribution is -2.39. The number of aliphatic hydroxyl groups is 1. The molecule has 1 heterocycles. The lowest BCUT2D eigenvalue weighted by atomic mass is 10.1. The number of carbonyl (C=O) groups excluding carboxylic acids is 1. The highest BCUT2D eigenvalue weighted by Gasteiger charge is 2.20. The minimum Gasteiger partial charge on any atom is -0.389 e. The van der Waals surface area contributed by atoms with Gasteiger partial charge in [-0.05, 0) is 23.8 Å². The molecule has 0 aliphatic carbocycles. The Morgan fingerprint density at radius 1 is 1.60 bits per heavy atom. The van der Waals surface area contributed by atoms with Crippen LogP contribution in [0, 0.1) is 17.0 Å². The van der Waals surface area contributed by atoms with Crippen LogP contribution in [-0.4, -0.2) is 49.6 Å². The van der Waals surface area contributed by atoms with Crippen molar-refractivity contribution in [3.05, 3.63) is 22.1 Å². The van der Waals surface area contributed by atoms with E-state index in [0.717, 1.165) is 0 Å². The topological polar surface area (TPSA) is 102 Å². The Balaban J connectivity index is 2.59. The monoisotopic (exact) mass is 284 g/mol. The minimum absolute atomic E-state index is 0.136. The third kappa shape index (κ3) is 4.61. The average Bonchev–Trinajstić information content (AvgIpc) is 2.65. The number of nitro groups is 1. The number of amides is 1. The molecule has 0 aliphatic rings. The highest BCUT2D eigenvalue weighted by atomic mass is 16.6. The minimum atomic E-state index is -0.950. The number of imidazole rings is 1. The van der Waals surface area contributed by atoms with Crippen LogP contribution in [-0.2, 0) is 11.3 Å². The summed E-state index contributed by atoms with van der Waals surface area (Å²) in [7, 11) is 1.61. The summed E-state index contributed by atoms with van der Waals surface area (Å²) in [6.07, 6.45) is 1.51. The average molecular weight is 284 g/mol. The molecule has 0 unspecified atom stereocenters. The lowest BCUT2D eigenvalue weighted by Gasteiger charge is -2.25. The van der Waals surface area contributed by atoms with Crippen molar-refractivity contribution in [1.29, 1.82) is 0 Å². The molecule has 0 fully saturated rings. The van der Waals surface area contributed by atoms with Crippen LogP contribution in [0.15, 0.2) is 6.20 Å². The number of hydrogen-bond acceptors (Lipinski definition) is 5. The van der Waals surface area contributed by atoms with E-state index in [9.17, 15) is 20.0 Å². The lowest BCUT2D eigenvalue weighted by molar-refractivity contribution is -0.389. The van der Waals surface area contributed by atoms with E-state index in [2.05, 4.69) is 4.98 Å². The summed E-state index contributed by atoms with van der Waals surface area (Å²) in [5.41, 5.74) is -0.950. The van der Waals surface area contributed by atoms with Gasteiger partial charge in [-0.1, -0.05) is 0 Å². The summed E-state index contributed by atoms with van der Waals surface area (Å²) in [4.78, 5) is 27.2. The van der Waals surface area contributed by atoms with Gasteiger partial charge in [-0.3, -0.25) is 4.79 Å². The van der Waals surface area contributed by atoms with Crippen molar-refractivity contribution in [2.24, 2.45) is 0 Å². The second-order valence-corrected chi connectivity index (χ2v) is 5.41. The molecule has 0 aliphatic heterocycles. The van der Waals surface area contributed by atoms with Gasteiger partial charge in [-0.25, -0.2) is 0 Å². The van der Waals surface area contributed by atoms with Gasteiger partial charge < -0.3 is 24.7 Å². The van der Waals surface area contributed by atoms with Crippen LogP contribution in [0.1, 0.15) is 26.1 Å². The first kappa shape index (κ1) is 16.1. The maximum Gasteiger partial charge on any atom is 0.381 e. The van der Waals surface area contributed by atoms with Gasteiger partial charge in [0.05, 0.1) is 5.60 Å². The molecule has 1 rings (SSSR count). The van der Waals surface area contributed by atoms with Gasteiger partial charge in [0.2, 0.25) is 11.7 Å². The van der Waals surface area contributed by atoms with E-state index in [-0.39, 0.29) is 24.7 Å². The van der Waals surface area contributed by atoms with Crippen LogP contribution in [0.5, 0.6) is 0 Å². The van der Waals surface area contributed by atoms with Gasteiger partial charge in [-0.2, -0.15) is 0 Å². The van der Waals surface area contributed by atoms with E-state index in [1.165, 1.54) is 11.1 Å². The maximum absolute atomic E-state index is 11.9. The van der Waals surface area contributed by atoms with Gasteiger partial charge in [0.1, 0.15) is 6.20 Å². The van der Waals surface area contributed by atoms with E-state index in [1.54, 1.807) is 32.4 Å². The van der Waals surface area contributed by atoms with Gasteiger partial charge in [0.15, 0.2) is 0 Å². The van der Waals surface area contributed by atoms with Crippen LogP contribution in [0.25, 0.3) is 0 Å². The molecule has 1 aromatic rings. The normalized spacial score (nSPS) is 11.4. The van der Waals surface area contributed by atoms with E-state index in [4.69, 9.17) is 0 Å². The van der Waals surface area contributed by atoms with E-state index >= 15 is 0 Å². The third-order valence-corrected chi connectivity index (χ3v) is 2.77. The van der Waals surface area contributed by atoms with Gasteiger partial charge in [0.25, 0.3) is 0 Å². The van der Waals surface area contributed by atoms with E-state index in [1.807, 2.05) is 0 Å². The number of likely N-dealkylation sites (N-methyl/N-ethyl adjacent to an activating group) is 1. The van der Waals surface area contributed by atoms with Crippen molar-refractivity contribution in [1.82, 2.24) is 14.5 Å². The smallest absolute Gasteiger partial charge is 0.381 e. The van der Waals surface area contributed by atoms with Crippen molar-refractivity contribution in [3.8, 4) is 0 Å². The Morgan fingerprint density at radius 2 is 2.20 bits per heavy atom. The molecule has 0 spiro atoms. The van der Waals surface area contributed by atoms with Crippen molar-refractivity contribution < 1.29 is 14.8 Å². The van der Waals surface area contributed by atoms with Crippen LogP contribution in [0.3, 0.4) is 0 Å². The summed E-state index contributed by atoms with van der Waals surface area (Å²) in [5, 5.41) is 20.2. The molecule has 0 radical (unpaired) electrons. The standard InChI is InChI=1S/C12H20N4O4/c1-9-13-10(16(19)20)7-15(9)6-5-11(17)14(4)8-12(2,3)18/h7,18H,5-6,8H2,1-4H3. The number of carbonyl (C=O) groups is 1. The second kappa shape index (κ2) is 6.00. The van der Waals surface area contributed by atoms with Crippen molar-refractivity contribution >= 4 is 11.7 Å². The summed E-state index contributed by atoms with van der Waals surface area (Å²) >= 11 is 0. The molecule has 1 N–H and O–H groups in total. The largest absolute Gasteiger partial charge is 0.389 e. The fraction of sp³-hybridized carbons (Fsp3) is 0.667. The SMILES string of the molecule is Cc1nc([N+](=O)[O-])cn1CCC(=O)N(C)CC(C)(C)O. The molecule has 1 aromatic heterocycles. The Bertz CT molecular complexity index is 504. The summed E-state index contributed by atoms with van der Waals surface area (Å²) < 4.78 is 1.58. The number of nitrogens with zero attached hydrogens (tertiary/aromatic N) is 4. The molecule has 8 nitrogen and oxygen atoms in total. The number of aromatic nitrogens is 2. The summed E-state index contributed by atoms with van der Waals surface area (Å²) in [6.45, 7) is 5.45. The summed E-state index contributed by atoms with van der Waals surface area (Å²) in [5.74, 6) is 0.136. The van der Waals surface area contributed by atoms with Crippen molar-refractivity contribution in [3.63, 3.8) is 0 Å². The summed E-state index contributed by atoms with van der Waals surface area (Å²) in [6, 6.07) is 0. The van der Waals surface area contributed by atoms with E-state index < -0.39 is 10.5 Å². The first-order valence-corrected chi connectivity index (χ1v) is 6.24. The second-order valence-electron chi connectivity index (χ2n) is 5.41. The van der Waals surface area contributed by atoms with Gasteiger partial charge in [-0.15, -0.1) is 0 Å². The molecule has 112 valence electrons. The number of hydrogen-bond donors (Lipinski definition) is 1. The van der Waals surface area contributed by atoms with Gasteiger partial charge >= 0.3 is 5.82 Å². The van der Waals surface area contributed by atoms with Crippen LogP contribution < -0.4 is 0 Å². The fourth-order valence-electron chi connectivity index (χ4n) is 1.88. The zero-order valence-corrected chi connectivity index (χ0v) is 12.2. The Morgan fingerprint density at radius 3 is 2.65 bits per heavy atom. The van der Waals surface area contributed by atoms with Crippen molar-refractivity contribution in [2.45, 2.75) is 39.3 Å². The number of rotatable bonds is 6. The highest BCUT2D eigenvalue weighted by Crippen LogP contribution is 2.11. The quantitative estimate of drug-likeness (QED) is 0.612. The van der Waals surface area contributed by atoms with E-state index in [0.29, 0.717) is 12.4 Å². The predicted octanol–water partition coefficient (Wildman–Crippen LogP) is 0.719. The van der Waals surface area contributed by atoms with Crippen LogP contribution in [0.2, 0.25) is 0 Å². The first-order valence-electron chi connectivity index (χ1n) is 6.24. The molecular formula is C12H20N4O4. The molecule has 20 heavy (non-hydrogen) atoms.